The molecule has 0 aromatic carbocycles. The third-order valence-electron chi connectivity index (χ3n) is 16.9. The summed E-state index contributed by atoms with van der Waals surface area (Å²) in [6.45, 7) is 1.59. The third-order valence-corrected chi connectivity index (χ3v) is 16.9. The van der Waals surface area contributed by atoms with Gasteiger partial charge in [0, 0.05) is 6.42 Å². The maximum absolute atomic E-state index is 13.4. The van der Waals surface area contributed by atoms with Crippen molar-refractivity contribution in [2.24, 2.45) is 0 Å². The molecule has 3 saturated heterocycles. The number of hydrogen-bond donors (Lipinski definition) is 12. The summed E-state index contributed by atoms with van der Waals surface area (Å²) < 4.78 is 34.3. The van der Waals surface area contributed by atoms with E-state index in [0.29, 0.717) is 6.42 Å². The van der Waals surface area contributed by atoms with Crippen molar-refractivity contribution in [1.82, 2.24) is 5.32 Å². The second-order valence-electron chi connectivity index (χ2n) is 24.6. The summed E-state index contributed by atoms with van der Waals surface area (Å²) >= 11 is 0. The Morgan fingerprint density at radius 3 is 1.19 bits per heavy atom. The first-order valence-electron chi connectivity index (χ1n) is 35.0. The van der Waals surface area contributed by atoms with Crippen molar-refractivity contribution in [3.63, 3.8) is 0 Å². The van der Waals surface area contributed by atoms with Crippen LogP contribution in [0.2, 0.25) is 0 Å². The Morgan fingerprint density at radius 1 is 0.407 bits per heavy atom. The maximum Gasteiger partial charge on any atom is 0.220 e. The Bertz CT molecular complexity index is 2030. The van der Waals surface area contributed by atoms with Gasteiger partial charge in [0.15, 0.2) is 18.9 Å². The number of amides is 1. The van der Waals surface area contributed by atoms with Crippen molar-refractivity contribution in [3.05, 3.63) is 97.2 Å². The zero-order valence-corrected chi connectivity index (χ0v) is 55.3. The highest BCUT2D eigenvalue weighted by atomic mass is 16.8. The van der Waals surface area contributed by atoms with Gasteiger partial charge in [0.1, 0.15) is 73.2 Å². The summed E-state index contributed by atoms with van der Waals surface area (Å²) in [6.07, 6.45) is 42.3. The lowest BCUT2D eigenvalue weighted by atomic mass is 9.96. The van der Waals surface area contributed by atoms with E-state index in [9.17, 15) is 61.0 Å². The molecule has 17 atom stereocenters. The Labute approximate surface area is 545 Å². The van der Waals surface area contributed by atoms with Gasteiger partial charge in [-0.05, 0) is 77.0 Å². The van der Waals surface area contributed by atoms with Crippen LogP contribution in [0.3, 0.4) is 0 Å². The summed E-state index contributed by atoms with van der Waals surface area (Å²) in [5.41, 5.74) is 0. The molecular weight excluding hydrogens is 1170 g/mol. The maximum atomic E-state index is 13.4. The molecule has 0 saturated carbocycles. The van der Waals surface area contributed by atoms with Gasteiger partial charge >= 0.3 is 0 Å². The summed E-state index contributed by atoms with van der Waals surface area (Å²) in [6, 6.07) is -0.999. The van der Waals surface area contributed by atoms with E-state index in [2.05, 4.69) is 104 Å². The Balaban J connectivity index is 1.47. The number of aliphatic hydroxyl groups excluding tert-OH is 11. The van der Waals surface area contributed by atoms with Crippen LogP contribution in [0.1, 0.15) is 219 Å². The van der Waals surface area contributed by atoms with Crippen LogP contribution < -0.4 is 5.32 Å². The molecule has 0 aromatic heterocycles. The molecule has 3 fully saturated rings. The largest absolute Gasteiger partial charge is 0.394 e. The number of unbranched alkanes of at least 4 members (excludes halogenated alkanes) is 22. The third kappa shape index (κ3) is 34.8. The molecule has 12 N–H and O–H groups in total. The molecule has 3 rings (SSSR count). The fourth-order valence-corrected chi connectivity index (χ4v) is 11.2. The molecule has 0 spiro atoms. The van der Waals surface area contributed by atoms with Crippen molar-refractivity contribution >= 4 is 5.91 Å². The summed E-state index contributed by atoms with van der Waals surface area (Å²) in [4.78, 5) is 13.4. The monoisotopic (exact) mass is 1290 g/mol. The molecule has 3 aliphatic heterocycles. The minimum atomic E-state index is -1.99. The molecule has 0 aliphatic carbocycles. The van der Waals surface area contributed by atoms with Crippen molar-refractivity contribution in [2.75, 3.05) is 26.4 Å². The van der Waals surface area contributed by atoms with Crippen LogP contribution in [0.5, 0.6) is 0 Å². The van der Waals surface area contributed by atoms with Crippen molar-refractivity contribution in [1.29, 1.82) is 0 Å². The van der Waals surface area contributed by atoms with Gasteiger partial charge in [-0.1, -0.05) is 233 Å². The molecule has 3 aliphatic rings. The van der Waals surface area contributed by atoms with Crippen molar-refractivity contribution in [3.8, 4) is 0 Å². The first-order chi connectivity index (χ1) is 44.3. The highest BCUT2D eigenvalue weighted by molar-refractivity contribution is 5.76. The van der Waals surface area contributed by atoms with Gasteiger partial charge in [-0.2, -0.15) is 0 Å². The minimum absolute atomic E-state index is 0.197. The number of nitrogens with one attached hydrogen (secondary N) is 1. The van der Waals surface area contributed by atoms with E-state index in [0.717, 1.165) is 89.9 Å². The molecule has 0 radical (unpaired) electrons. The average Bonchev–Trinajstić information content (AvgIpc) is 0.883. The summed E-state index contributed by atoms with van der Waals surface area (Å²) in [5.74, 6) is -0.310. The van der Waals surface area contributed by atoms with Crippen LogP contribution in [0.15, 0.2) is 97.2 Å². The van der Waals surface area contributed by atoms with Crippen LogP contribution in [0, 0.1) is 0 Å². The fourth-order valence-electron chi connectivity index (χ4n) is 11.2. The van der Waals surface area contributed by atoms with Gasteiger partial charge in [-0.3, -0.25) is 4.79 Å². The molecule has 0 aromatic rings. The first-order valence-corrected chi connectivity index (χ1v) is 35.0. The molecule has 91 heavy (non-hydrogen) atoms. The molecule has 19 heteroatoms. The molecule has 19 nitrogen and oxygen atoms in total. The normalized spacial score (nSPS) is 28.5. The zero-order chi connectivity index (χ0) is 66.1. The van der Waals surface area contributed by atoms with Crippen LogP contribution in [0.4, 0.5) is 0 Å². The summed E-state index contributed by atoms with van der Waals surface area (Å²) in [7, 11) is 0. The average molecular weight is 1290 g/mol. The second kappa shape index (κ2) is 52.9. The topological polar surface area (TPSA) is 307 Å². The molecule has 1 amide bonds. The second-order valence-corrected chi connectivity index (χ2v) is 24.6. The lowest BCUT2D eigenvalue weighted by Gasteiger charge is -2.48. The Morgan fingerprint density at radius 2 is 0.758 bits per heavy atom. The van der Waals surface area contributed by atoms with Crippen LogP contribution in [-0.2, 0) is 33.2 Å². The van der Waals surface area contributed by atoms with Crippen molar-refractivity contribution in [2.45, 2.75) is 324 Å². The van der Waals surface area contributed by atoms with Gasteiger partial charge in [0.2, 0.25) is 5.91 Å². The van der Waals surface area contributed by atoms with E-state index in [1.54, 1.807) is 6.08 Å². The number of hydrogen-bond acceptors (Lipinski definition) is 18. The number of ether oxygens (including phenoxy) is 6. The molecule has 524 valence electrons. The number of rotatable bonds is 52. The standard InChI is InChI=1S/C72H123NO18/c1-3-5-7-9-11-13-15-17-19-21-23-25-26-27-28-30-32-34-36-38-40-42-44-46-48-50-60(78)73-55(56(77)49-47-45-43-41-39-37-35-33-31-29-24-22-20-18-16-14-12-10-8-6-4-2)54-86-70-66(84)63(81)68(58(52-75)88-70)91-72-67(85)64(82)69(59(53-76)89-72)90-71-65(83)62(80)61(79)57(51-74)87-71/h5,7,11,13,17,19,23,25,27-28,32,34,38,40,47,49,55-59,61-72,74-77,79-85H,3-4,6,8-10,12,14-16,18,20-22,24,26,29-31,33,35-37,39,41-46,48,50-54H2,1-2H3,(H,73,78)/b7-5-,13-11-,19-17-,25-23-,28-27-,34-32-,40-38-,49-47+. The Kier molecular flexibility index (Phi) is 47.7. The molecule has 0 bridgehead atoms. The predicted octanol–water partition coefficient (Wildman–Crippen LogP) is 9.27. The number of carbonyl (C=O) groups is 1. The molecule has 17 unspecified atom stereocenters. The lowest BCUT2D eigenvalue weighted by Crippen LogP contribution is -2.66. The van der Waals surface area contributed by atoms with E-state index in [4.69, 9.17) is 28.4 Å². The van der Waals surface area contributed by atoms with E-state index < -0.39 is 124 Å². The minimum Gasteiger partial charge on any atom is -0.394 e. The van der Waals surface area contributed by atoms with Crippen LogP contribution in [0.25, 0.3) is 0 Å². The van der Waals surface area contributed by atoms with Crippen LogP contribution in [-0.4, -0.2) is 193 Å². The molecular formula is C72H123NO18. The van der Waals surface area contributed by atoms with E-state index in [1.807, 2.05) is 6.08 Å². The Hall–Kier alpha value is -3.29. The van der Waals surface area contributed by atoms with E-state index >= 15 is 0 Å². The SMILES string of the molecule is CC/C=C\C/C=C\C/C=C\C/C=C\C/C=C\C/C=C\C/C=C\CCCCCC(=O)NC(COC1OC(CO)C(OC2OC(CO)C(OC3OC(CO)C(O)C(O)C3O)C(O)C2O)C(O)C1O)C(O)/C=C/CCCCCCCCCCCCCCCCCCCCC. The highest BCUT2D eigenvalue weighted by Crippen LogP contribution is 2.33. The highest BCUT2D eigenvalue weighted by Gasteiger charge is 2.53. The summed E-state index contributed by atoms with van der Waals surface area (Å²) in [5, 5.41) is 121. The van der Waals surface area contributed by atoms with Crippen LogP contribution >= 0.6 is 0 Å². The smallest absolute Gasteiger partial charge is 0.220 e. The van der Waals surface area contributed by atoms with Gasteiger partial charge in [0.05, 0.1) is 38.6 Å². The fraction of sp³-hybridized carbons (Fsp3) is 0.764. The van der Waals surface area contributed by atoms with Crippen molar-refractivity contribution < 1.29 is 89.4 Å². The quantitative estimate of drug-likeness (QED) is 0.0199. The van der Waals surface area contributed by atoms with Gasteiger partial charge < -0.3 is 89.9 Å². The number of carbonyl (C=O) groups excluding carboxylic acids is 1. The number of allylic oxidation sites excluding steroid dienone is 15. The van der Waals surface area contributed by atoms with Gasteiger partial charge in [0.25, 0.3) is 0 Å². The number of aliphatic hydroxyl groups is 11. The van der Waals surface area contributed by atoms with Gasteiger partial charge in [-0.25, -0.2) is 0 Å². The molecule has 3 heterocycles. The zero-order valence-electron chi connectivity index (χ0n) is 55.3. The first kappa shape index (κ1) is 81.9. The van der Waals surface area contributed by atoms with Gasteiger partial charge in [-0.15, -0.1) is 0 Å². The van der Waals surface area contributed by atoms with E-state index in [-0.39, 0.29) is 18.9 Å². The van der Waals surface area contributed by atoms with E-state index in [1.165, 1.54) is 103 Å². The predicted molar refractivity (Wildman–Crippen MR) is 355 cm³/mol. The lowest BCUT2D eigenvalue weighted by molar-refractivity contribution is -0.379.